The Morgan fingerprint density at radius 3 is 2.26 bits per heavy atom. The maximum absolute atomic E-state index is 13.4. The molecule has 2 heterocycles. The van der Waals surface area contributed by atoms with Crippen molar-refractivity contribution in [3.05, 3.63) is 100 Å². The number of hydrogen-bond acceptors (Lipinski definition) is 5. The number of halogens is 1. The third-order valence-electron chi connectivity index (χ3n) is 7.00. The number of hydrogen-bond donors (Lipinski definition) is 1. The number of likely N-dealkylation sites (tertiary alicyclic amines) is 1. The number of aliphatic hydroxyl groups excluding tert-OH is 1. The number of Topliss-reactive ketones (excluding diaryl/α,β-unsaturated/α-hetero) is 1. The van der Waals surface area contributed by atoms with Gasteiger partial charge in [0.05, 0.1) is 11.6 Å². The second kappa shape index (κ2) is 9.97. The minimum atomic E-state index is -0.780. The Hall–Kier alpha value is -4.13. The summed E-state index contributed by atoms with van der Waals surface area (Å²) in [5.41, 5.74) is 2.97. The molecule has 1 amide bonds. The number of ether oxygens (including phenoxy) is 2. The molecule has 3 aromatic carbocycles. The summed E-state index contributed by atoms with van der Waals surface area (Å²) in [6, 6.07) is 18.0. The van der Waals surface area contributed by atoms with Crippen LogP contribution in [-0.2, 0) is 21.4 Å². The van der Waals surface area contributed by atoms with E-state index in [4.69, 9.17) is 9.47 Å². The summed E-state index contributed by atoms with van der Waals surface area (Å²) in [5, 5.41) is 11.4. The molecule has 1 N–H and O–H groups in total. The van der Waals surface area contributed by atoms with Gasteiger partial charge in [-0.1, -0.05) is 57.2 Å². The zero-order valence-electron chi connectivity index (χ0n) is 21.7. The van der Waals surface area contributed by atoms with Gasteiger partial charge in [0.25, 0.3) is 11.7 Å². The van der Waals surface area contributed by atoms with Crippen molar-refractivity contribution < 1.29 is 28.6 Å². The van der Waals surface area contributed by atoms with Crippen molar-refractivity contribution in [3.8, 4) is 11.5 Å². The van der Waals surface area contributed by atoms with Crippen LogP contribution >= 0.6 is 0 Å². The lowest BCUT2D eigenvalue weighted by atomic mass is 9.85. The number of nitrogens with zero attached hydrogens (tertiary/aromatic N) is 1. The predicted octanol–water partition coefficient (Wildman–Crippen LogP) is 5.56. The van der Waals surface area contributed by atoms with Gasteiger partial charge in [-0.15, -0.1) is 0 Å². The van der Waals surface area contributed by atoms with Crippen molar-refractivity contribution in [2.75, 3.05) is 19.8 Å². The van der Waals surface area contributed by atoms with Gasteiger partial charge < -0.3 is 19.5 Å². The van der Waals surface area contributed by atoms with E-state index in [9.17, 15) is 19.1 Å². The lowest BCUT2D eigenvalue weighted by molar-refractivity contribution is -0.139. The lowest BCUT2D eigenvalue weighted by Crippen LogP contribution is -2.31. The number of amides is 1. The third-order valence-corrected chi connectivity index (χ3v) is 7.00. The van der Waals surface area contributed by atoms with Crippen molar-refractivity contribution in [2.45, 2.75) is 38.6 Å². The largest absolute Gasteiger partial charge is 0.507 e. The molecule has 0 bridgehead atoms. The molecule has 7 heteroatoms. The molecule has 1 unspecified atom stereocenters. The molecule has 0 aliphatic carbocycles. The summed E-state index contributed by atoms with van der Waals surface area (Å²) in [5.74, 6) is -1.02. The predicted molar refractivity (Wildman–Crippen MR) is 142 cm³/mol. The molecular formula is C31H30FNO5. The SMILES string of the molecule is CC(C)(C)c1ccc(C2/C(=C(/O)c3ccc4c(c3)OCCO4)C(=O)C(=O)N2CCc2ccc(F)cc2)cc1. The van der Waals surface area contributed by atoms with Gasteiger partial charge in [0.1, 0.15) is 24.8 Å². The molecular weight excluding hydrogens is 485 g/mol. The Morgan fingerprint density at radius 2 is 1.61 bits per heavy atom. The first-order valence-electron chi connectivity index (χ1n) is 12.7. The Labute approximate surface area is 221 Å². The quantitative estimate of drug-likeness (QED) is 0.274. The van der Waals surface area contributed by atoms with Crippen LogP contribution in [0.1, 0.15) is 49.1 Å². The number of aliphatic hydroxyl groups is 1. The first kappa shape index (κ1) is 25.5. The van der Waals surface area contributed by atoms with Crippen LogP contribution in [0.5, 0.6) is 11.5 Å². The summed E-state index contributed by atoms with van der Waals surface area (Å²) < 4.78 is 24.6. The Bertz CT molecular complexity index is 1400. The van der Waals surface area contributed by atoms with Gasteiger partial charge in [-0.25, -0.2) is 4.39 Å². The number of rotatable bonds is 5. The second-order valence-corrected chi connectivity index (χ2v) is 10.6. The maximum atomic E-state index is 13.4. The molecule has 2 aliphatic heterocycles. The summed E-state index contributed by atoms with van der Waals surface area (Å²) in [6.07, 6.45) is 0.425. The van der Waals surface area contributed by atoms with Crippen LogP contribution < -0.4 is 9.47 Å². The number of ketones is 1. The van der Waals surface area contributed by atoms with Gasteiger partial charge in [0.15, 0.2) is 11.5 Å². The van der Waals surface area contributed by atoms with Crippen molar-refractivity contribution in [1.82, 2.24) is 4.90 Å². The third kappa shape index (κ3) is 4.88. The average Bonchev–Trinajstić information content (AvgIpc) is 3.16. The number of benzene rings is 3. The van der Waals surface area contributed by atoms with Crippen molar-refractivity contribution >= 4 is 17.4 Å². The van der Waals surface area contributed by atoms with E-state index in [1.807, 2.05) is 24.3 Å². The van der Waals surface area contributed by atoms with E-state index in [2.05, 4.69) is 20.8 Å². The van der Waals surface area contributed by atoms with Gasteiger partial charge in [-0.3, -0.25) is 9.59 Å². The average molecular weight is 516 g/mol. The van der Waals surface area contributed by atoms with Crippen molar-refractivity contribution in [3.63, 3.8) is 0 Å². The highest BCUT2D eigenvalue weighted by molar-refractivity contribution is 6.46. The fourth-order valence-electron chi connectivity index (χ4n) is 4.87. The molecule has 38 heavy (non-hydrogen) atoms. The van der Waals surface area contributed by atoms with Gasteiger partial charge in [0.2, 0.25) is 0 Å². The van der Waals surface area contributed by atoms with Crippen molar-refractivity contribution in [2.24, 2.45) is 0 Å². The highest BCUT2D eigenvalue weighted by Crippen LogP contribution is 2.41. The molecule has 1 atom stereocenters. The molecule has 6 nitrogen and oxygen atoms in total. The molecule has 0 spiro atoms. The van der Waals surface area contributed by atoms with Crippen LogP contribution in [0, 0.1) is 5.82 Å². The van der Waals surface area contributed by atoms with Crippen molar-refractivity contribution in [1.29, 1.82) is 0 Å². The van der Waals surface area contributed by atoms with E-state index in [1.54, 1.807) is 30.3 Å². The monoisotopic (exact) mass is 515 g/mol. The van der Waals surface area contributed by atoms with Crippen LogP contribution in [-0.4, -0.2) is 41.5 Å². The molecule has 0 radical (unpaired) electrons. The first-order chi connectivity index (χ1) is 18.1. The highest BCUT2D eigenvalue weighted by atomic mass is 19.1. The van der Waals surface area contributed by atoms with E-state index in [0.29, 0.717) is 36.7 Å². The van der Waals surface area contributed by atoms with Crippen LogP contribution in [0.25, 0.3) is 5.76 Å². The lowest BCUT2D eigenvalue weighted by Gasteiger charge is -2.27. The summed E-state index contributed by atoms with van der Waals surface area (Å²) in [4.78, 5) is 28.2. The fourth-order valence-corrected chi connectivity index (χ4v) is 4.87. The summed E-state index contributed by atoms with van der Waals surface area (Å²) >= 11 is 0. The highest BCUT2D eigenvalue weighted by Gasteiger charge is 2.46. The Kier molecular flexibility index (Phi) is 6.69. The molecule has 196 valence electrons. The zero-order valence-corrected chi connectivity index (χ0v) is 21.7. The fraction of sp³-hybridized carbons (Fsp3) is 0.290. The smallest absolute Gasteiger partial charge is 0.295 e. The number of carbonyl (C=O) groups is 2. The van der Waals surface area contributed by atoms with E-state index in [0.717, 1.165) is 16.7 Å². The van der Waals surface area contributed by atoms with E-state index in [-0.39, 0.29) is 29.1 Å². The second-order valence-electron chi connectivity index (χ2n) is 10.6. The van der Waals surface area contributed by atoms with Gasteiger partial charge in [0, 0.05) is 12.1 Å². The molecule has 0 aromatic heterocycles. The van der Waals surface area contributed by atoms with E-state index in [1.165, 1.54) is 17.0 Å². The molecule has 5 rings (SSSR count). The minimum absolute atomic E-state index is 0.0225. The van der Waals surface area contributed by atoms with E-state index >= 15 is 0 Å². The van der Waals surface area contributed by atoms with Crippen LogP contribution in [0.15, 0.2) is 72.3 Å². The van der Waals surface area contributed by atoms with Gasteiger partial charge in [-0.05, 0) is 58.9 Å². The van der Waals surface area contributed by atoms with Gasteiger partial charge >= 0.3 is 0 Å². The molecule has 2 aliphatic rings. The molecule has 1 saturated heterocycles. The van der Waals surface area contributed by atoms with E-state index < -0.39 is 17.7 Å². The van der Waals surface area contributed by atoms with Crippen LogP contribution in [0.2, 0.25) is 0 Å². The summed E-state index contributed by atoms with van der Waals surface area (Å²) in [6.45, 7) is 7.36. The van der Waals surface area contributed by atoms with Gasteiger partial charge in [-0.2, -0.15) is 0 Å². The number of carbonyl (C=O) groups excluding carboxylic acids is 2. The van der Waals surface area contributed by atoms with Crippen LogP contribution in [0.3, 0.4) is 0 Å². The topological polar surface area (TPSA) is 76.1 Å². The normalized spacial score (nSPS) is 18.6. The maximum Gasteiger partial charge on any atom is 0.295 e. The Morgan fingerprint density at radius 1 is 0.947 bits per heavy atom. The standard InChI is InChI=1S/C31H30FNO5/c1-31(2,3)22-9-6-20(7-10-22)27-26(28(34)21-8-13-24-25(18-21)38-17-16-37-24)29(35)30(36)33(27)15-14-19-4-11-23(32)12-5-19/h4-13,18,27,34H,14-17H2,1-3H3/b28-26-. The Balaban J connectivity index is 1.57. The molecule has 3 aromatic rings. The summed E-state index contributed by atoms with van der Waals surface area (Å²) in [7, 11) is 0. The zero-order chi connectivity index (χ0) is 27.0. The number of fused-ring (bicyclic) bond motifs is 1. The molecule has 1 fully saturated rings. The minimum Gasteiger partial charge on any atom is -0.507 e. The molecule has 0 saturated carbocycles. The van der Waals surface area contributed by atoms with Crippen LogP contribution in [0.4, 0.5) is 4.39 Å². The first-order valence-corrected chi connectivity index (χ1v) is 12.7.